The lowest BCUT2D eigenvalue weighted by molar-refractivity contribution is 0.617. The topological polar surface area (TPSA) is 30.7 Å². The van der Waals surface area contributed by atoms with Crippen LogP contribution in [0.15, 0.2) is 116 Å². The minimum Gasteiger partial charge on any atom is -0.309 e. The Hall–Kier alpha value is -4.24. The number of fused-ring (bicyclic) bond motifs is 3. The van der Waals surface area contributed by atoms with Crippen molar-refractivity contribution in [2.24, 2.45) is 0 Å². The van der Waals surface area contributed by atoms with E-state index in [0.717, 1.165) is 17.1 Å². The summed E-state index contributed by atoms with van der Waals surface area (Å²) in [4.78, 5) is 9.38. The maximum Gasteiger partial charge on any atom is 0.0541 e. The van der Waals surface area contributed by atoms with E-state index in [1.165, 1.54) is 32.9 Å². The average Bonchev–Trinajstić information content (AvgIpc) is 3.27. The molecule has 0 atom stereocenters. The van der Waals surface area contributed by atoms with Gasteiger partial charge in [-0.15, -0.1) is 0 Å². The predicted octanol–water partition coefficient (Wildman–Crippen LogP) is 8.23. The first kappa shape index (κ1) is 23.2. The molecule has 0 aliphatic rings. The zero-order valence-corrected chi connectivity index (χ0v) is 21.8. The van der Waals surface area contributed by atoms with Crippen LogP contribution in [0.1, 0.15) is 50.2 Å². The van der Waals surface area contributed by atoms with Crippen molar-refractivity contribution < 1.29 is 0 Å². The van der Waals surface area contributed by atoms with Gasteiger partial charge in [0.2, 0.25) is 0 Å². The predicted molar refractivity (Wildman–Crippen MR) is 154 cm³/mol. The van der Waals surface area contributed by atoms with Crippen LogP contribution in [0.4, 0.5) is 0 Å². The Kier molecular flexibility index (Phi) is 5.45. The van der Waals surface area contributed by atoms with Crippen molar-refractivity contribution in [2.75, 3.05) is 0 Å². The van der Waals surface area contributed by atoms with Crippen LogP contribution in [0.2, 0.25) is 0 Å². The summed E-state index contributed by atoms with van der Waals surface area (Å²) in [5.41, 5.74) is 7.76. The van der Waals surface area contributed by atoms with Gasteiger partial charge in [-0.2, -0.15) is 0 Å². The standard InChI is InChI=1S/C34H31N3/c1-33(2,31-14-8-10-20-35-31)24-16-18-29-27(22-24)28-23-25(34(3,4)32-15-9-11-21-36-32)17-19-30(28)37(29)26-12-6-5-7-13-26/h5-23H,1-4H3. The molecular weight excluding hydrogens is 450 g/mol. The Balaban J connectivity index is 1.62. The van der Waals surface area contributed by atoms with Crippen LogP contribution >= 0.6 is 0 Å². The number of benzene rings is 3. The van der Waals surface area contributed by atoms with Gasteiger partial charge in [0, 0.05) is 39.7 Å². The summed E-state index contributed by atoms with van der Waals surface area (Å²) < 4.78 is 2.37. The molecule has 3 aromatic heterocycles. The lowest BCUT2D eigenvalue weighted by atomic mass is 9.79. The summed E-state index contributed by atoms with van der Waals surface area (Å²) in [5, 5.41) is 2.50. The number of hydrogen-bond donors (Lipinski definition) is 0. The molecule has 3 heterocycles. The lowest BCUT2D eigenvalue weighted by Crippen LogP contribution is -2.20. The minimum absolute atomic E-state index is 0.221. The second-order valence-corrected chi connectivity index (χ2v) is 10.8. The van der Waals surface area contributed by atoms with Gasteiger partial charge in [0.25, 0.3) is 0 Å². The van der Waals surface area contributed by atoms with Crippen molar-refractivity contribution in [3.05, 3.63) is 138 Å². The molecule has 0 aliphatic carbocycles. The van der Waals surface area contributed by atoms with E-state index in [1.54, 1.807) is 0 Å². The summed E-state index contributed by atoms with van der Waals surface area (Å²) in [7, 11) is 0. The molecule has 0 N–H and O–H groups in total. The zero-order valence-electron chi connectivity index (χ0n) is 21.8. The van der Waals surface area contributed by atoms with E-state index in [4.69, 9.17) is 0 Å². The molecule has 3 heteroatoms. The van der Waals surface area contributed by atoms with E-state index in [1.807, 2.05) is 24.5 Å². The quantitative estimate of drug-likeness (QED) is 0.248. The van der Waals surface area contributed by atoms with Gasteiger partial charge >= 0.3 is 0 Å². The molecule has 37 heavy (non-hydrogen) atoms. The molecule has 0 saturated carbocycles. The maximum atomic E-state index is 4.69. The van der Waals surface area contributed by atoms with E-state index in [9.17, 15) is 0 Å². The van der Waals surface area contributed by atoms with Crippen LogP contribution < -0.4 is 0 Å². The normalized spacial score (nSPS) is 12.3. The summed E-state index contributed by atoms with van der Waals surface area (Å²) in [6, 6.07) is 36.7. The molecule has 3 aromatic carbocycles. The third-order valence-electron chi connectivity index (χ3n) is 7.83. The Labute approximate surface area is 218 Å². The number of rotatable bonds is 5. The van der Waals surface area contributed by atoms with Gasteiger partial charge < -0.3 is 4.57 Å². The van der Waals surface area contributed by atoms with E-state index in [-0.39, 0.29) is 10.8 Å². The fourth-order valence-electron chi connectivity index (χ4n) is 5.42. The van der Waals surface area contributed by atoms with Crippen molar-refractivity contribution in [3.8, 4) is 5.69 Å². The monoisotopic (exact) mass is 481 g/mol. The second kappa shape index (κ2) is 8.70. The Morgan fingerprint density at radius 1 is 0.514 bits per heavy atom. The molecule has 0 spiro atoms. The largest absolute Gasteiger partial charge is 0.309 e. The smallest absolute Gasteiger partial charge is 0.0541 e. The number of para-hydroxylation sites is 1. The third kappa shape index (κ3) is 3.82. The van der Waals surface area contributed by atoms with Crippen molar-refractivity contribution in [3.63, 3.8) is 0 Å². The molecule has 0 saturated heterocycles. The van der Waals surface area contributed by atoms with Crippen molar-refractivity contribution in [1.82, 2.24) is 14.5 Å². The Morgan fingerprint density at radius 3 is 1.41 bits per heavy atom. The van der Waals surface area contributed by atoms with E-state index >= 15 is 0 Å². The highest BCUT2D eigenvalue weighted by molar-refractivity contribution is 6.10. The highest BCUT2D eigenvalue weighted by atomic mass is 15.0. The first-order chi connectivity index (χ1) is 17.9. The van der Waals surface area contributed by atoms with Crippen LogP contribution in [0.25, 0.3) is 27.5 Å². The number of aromatic nitrogens is 3. The van der Waals surface area contributed by atoms with Crippen LogP contribution in [0.5, 0.6) is 0 Å². The molecule has 6 aromatic rings. The maximum absolute atomic E-state index is 4.69. The van der Waals surface area contributed by atoms with E-state index in [2.05, 4.69) is 133 Å². The molecule has 0 unspecified atom stereocenters. The van der Waals surface area contributed by atoms with Gasteiger partial charge in [-0.05, 0) is 71.8 Å². The molecular formula is C34H31N3. The lowest BCUT2D eigenvalue weighted by Gasteiger charge is -2.25. The summed E-state index contributed by atoms with van der Waals surface area (Å²) in [6.45, 7) is 9.01. The number of pyridine rings is 2. The van der Waals surface area contributed by atoms with Gasteiger partial charge in [0.05, 0.1) is 22.4 Å². The summed E-state index contributed by atoms with van der Waals surface area (Å²) in [5.74, 6) is 0. The van der Waals surface area contributed by atoms with Gasteiger partial charge in [-0.25, -0.2) is 0 Å². The highest BCUT2D eigenvalue weighted by Crippen LogP contribution is 2.39. The molecule has 0 amide bonds. The SMILES string of the molecule is CC(C)(c1ccc2c(c1)c1cc(C(C)(C)c3ccccn3)ccc1n2-c1ccccc1)c1ccccn1. The summed E-state index contributed by atoms with van der Waals surface area (Å²) >= 11 is 0. The number of hydrogen-bond acceptors (Lipinski definition) is 2. The number of nitrogens with zero attached hydrogens (tertiary/aromatic N) is 3. The highest BCUT2D eigenvalue weighted by Gasteiger charge is 2.28. The molecule has 182 valence electrons. The van der Waals surface area contributed by atoms with Crippen molar-refractivity contribution in [2.45, 2.75) is 38.5 Å². The molecule has 0 fully saturated rings. The van der Waals surface area contributed by atoms with Gasteiger partial charge in [0.15, 0.2) is 0 Å². The van der Waals surface area contributed by atoms with Crippen molar-refractivity contribution >= 4 is 21.8 Å². The van der Waals surface area contributed by atoms with Gasteiger partial charge in [-0.3, -0.25) is 9.97 Å². The van der Waals surface area contributed by atoms with Gasteiger partial charge in [0.1, 0.15) is 0 Å². The van der Waals surface area contributed by atoms with Crippen LogP contribution in [0, 0.1) is 0 Å². The molecule has 6 rings (SSSR count). The Bertz CT molecular complexity index is 1590. The Morgan fingerprint density at radius 2 is 0.973 bits per heavy atom. The van der Waals surface area contributed by atoms with E-state index in [0.29, 0.717) is 0 Å². The summed E-state index contributed by atoms with van der Waals surface area (Å²) in [6.07, 6.45) is 3.76. The minimum atomic E-state index is -0.221. The van der Waals surface area contributed by atoms with Gasteiger partial charge in [-0.1, -0.05) is 70.2 Å². The van der Waals surface area contributed by atoms with Crippen LogP contribution in [-0.4, -0.2) is 14.5 Å². The van der Waals surface area contributed by atoms with Crippen LogP contribution in [0.3, 0.4) is 0 Å². The zero-order chi connectivity index (χ0) is 25.6. The van der Waals surface area contributed by atoms with E-state index < -0.39 is 0 Å². The van der Waals surface area contributed by atoms with Crippen LogP contribution in [-0.2, 0) is 10.8 Å². The second-order valence-electron chi connectivity index (χ2n) is 10.8. The average molecular weight is 482 g/mol. The fraction of sp³-hybridized carbons (Fsp3) is 0.176. The molecule has 3 nitrogen and oxygen atoms in total. The first-order valence-electron chi connectivity index (χ1n) is 12.8. The first-order valence-corrected chi connectivity index (χ1v) is 12.8. The third-order valence-corrected chi connectivity index (χ3v) is 7.83. The molecule has 0 aliphatic heterocycles. The molecule has 0 bridgehead atoms. The van der Waals surface area contributed by atoms with Crippen molar-refractivity contribution in [1.29, 1.82) is 0 Å². The fourth-order valence-corrected chi connectivity index (χ4v) is 5.42. The molecule has 0 radical (unpaired) electrons.